The number of aromatic nitrogens is 4. The Labute approximate surface area is 174 Å². The highest BCUT2D eigenvalue weighted by Crippen LogP contribution is 2.35. The Morgan fingerprint density at radius 3 is 3.07 bits per heavy atom. The lowest BCUT2D eigenvalue weighted by atomic mass is 10.0. The van der Waals surface area contributed by atoms with E-state index < -0.39 is 0 Å². The largest absolute Gasteiger partial charge is 0.446 e. The Kier molecular flexibility index (Phi) is 5.97. The van der Waals surface area contributed by atoms with Crippen LogP contribution in [0.2, 0.25) is 0 Å². The molecule has 1 saturated carbocycles. The van der Waals surface area contributed by atoms with Crippen LogP contribution in [-0.2, 0) is 16.0 Å². The molecule has 0 spiro atoms. The maximum Gasteiger partial charge on any atom is 0.407 e. The van der Waals surface area contributed by atoms with Crippen LogP contribution in [-0.4, -0.2) is 44.2 Å². The van der Waals surface area contributed by atoms with Gasteiger partial charge < -0.3 is 19.8 Å². The van der Waals surface area contributed by atoms with Crippen LogP contribution in [0.5, 0.6) is 0 Å². The van der Waals surface area contributed by atoms with E-state index in [1.807, 2.05) is 48.0 Å². The summed E-state index contributed by atoms with van der Waals surface area (Å²) < 4.78 is 7.35. The van der Waals surface area contributed by atoms with Crippen molar-refractivity contribution in [2.24, 2.45) is 0 Å². The zero-order valence-corrected chi connectivity index (χ0v) is 16.9. The number of ether oxygens (including phenoxy) is 1. The van der Waals surface area contributed by atoms with E-state index in [1.54, 1.807) is 0 Å². The van der Waals surface area contributed by atoms with Crippen molar-refractivity contribution in [1.82, 2.24) is 24.9 Å². The summed E-state index contributed by atoms with van der Waals surface area (Å²) in [5.74, 6) is 0.547. The molecule has 3 N–H and O–H groups in total. The van der Waals surface area contributed by atoms with E-state index in [0.717, 1.165) is 37.0 Å². The Morgan fingerprint density at radius 1 is 1.33 bits per heavy atom. The Hall–Kier alpha value is -3.36. The summed E-state index contributed by atoms with van der Waals surface area (Å²) in [4.78, 5) is 28.5. The van der Waals surface area contributed by atoms with Gasteiger partial charge in [-0.3, -0.25) is 9.89 Å². The van der Waals surface area contributed by atoms with Gasteiger partial charge in [0.2, 0.25) is 5.91 Å². The van der Waals surface area contributed by atoms with E-state index in [2.05, 4.69) is 25.8 Å². The van der Waals surface area contributed by atoms with Gasteiger partial charge >= 0.3 is 6.09 Å². The van der Waals surface area contributed by atoms with Gasteiger partial charge in [-0.05, 0) is 37.8 Å². The lowest BCUT2D eigenvalue weighted by molar-refractivity contribution is -0.115. The summed E-state index contributed by atoms with van der Waals surface area (Å²) in [6.45, 7) is 2.62. The first-order valence-electron chi connectivity index (χ1n) is 10.3. The van der Waals surface area contributed by atoms with Crippen LogP contribution < -0.4 is 10.6 Å². The number of carbonyl (C=O) groups excluding carboxylic acids is 2. The molecule has 0 saturated heterocycles. The summed E-state index contributed by atoms with van der Waals surface area (Å²) in [6.07, 6.45) is 6.82. The summed E-state index contributed by atoms with van der Waals surface area (Å²) in [7, 11) is 0. The van der Waals surface area contributed by atoms with Crippen LogP contribution in [0.1, 0.15) is 49.9 Å². The van der Waals surface area contributed by atoms with Crippen molar-refractivity contribution in [2.75, 3.05) is 11.9 Å². The molecule has 1 aliphatic rings. The average Bonchev–Trinajstić information content (AvgIpc) is 3.45. The number of hydrogen-bond acceptors (Lipinski definition) is 5. The summed E-state index contributed by atoms with van der Waals surface area (Å²) in [5.41, 5.74) is 2.45. The fourth-order valence-electron chi connectivity index (χ4n) is 3.78. The van der Waals surface area contributed by atoms with Crippen LogP contribution in [0.25, 0.3) is 5.65 Å². The quantitative estimate of drug-likeness (QED) is 0.554. The number of nitrogens with zero attached hydrogens (tertiary/aromatic N) is 3. The molecule has 3 aromatic heterocycles. The summed E-state index contributed by atoms with van der Waals surface area (Å²) in [5, 5.41) is 12.8. The lowest BCUT2D eigenvalue weighted by Crippen LogP contribution is -2.28. The maximum atomic E-state index is 12.4. The number of carbonyl (C=O) groups is 2. The second-order valence-electron chi connectivity index (χ2n) is 7.60. The minimum atomic E-state index is -0.355. The van der Waals surface area contributed by atoms with Crippen LogP contribution in [0.15, 0.2) is 36.7 Å². The van der Waals surface area contributed by atoms with Gasteiger partial charge in [0.25, 0.3) is 0 Å². The van der Waals surface area contributed by atoms with Gasteiger partial charge in [-0.2, -0.15) is 5.10 Å². The molecule has 3 heterocycles. The number of anilines is 1. The van der Waals surface area contributed by atoms with Gasteiger partial charge in [-0.25, -0.2) is 9.78 Å². The Balaban J connectivity index is 1.28. The van der Waals surface area contributed by atoms with Gasteiger partial charge in [0, 0.05) is 36.6 Å². The highest BCUT2D eigenvalue weighted by Gasteiger charge is 2.30. The van der Waals surface area contributed by atoms with Crippen molar-refractivity contribution in [2.45, 2.75) is 51.0 Å². The molecule has 1 aliphatic carbocycles. The van der Waals surface area contributed by atoms with Crippen molar-refractivity contribution in [3.8, 4) is 0 Å². The molecule has 0 bridgehead atoms. The summed E-state index contributed by atoms with van der Waals surface area (Å²) >= 11 is 0. The molecule has 9 nitrogen and oxygen atoms in total. The molecular formula is C21H26N6O3. The first-order chi connectivity index (χ1) is 14.6. The first-order valence-corrected chi connectivity index (χ1v) is 10.3. The normalized spacial score (nSPS) is 18.4. The molecule has 158 valence electrons. The van der Waals surface area contributed by atoms with Crippen LogP contribution in [0.4, 0.5) is 10.6 Å². The second kappa shape index (κ2) is 8.98. The average molecular weight is 410 g/mol. The molecule has 0 radical (unpaired) electrons. The Bertz CT molecular complexity index is 994. The molecule has 2 amide bonds. The van der Waals surface area contributed by atoms with E-state index in [-0.39, 0.29) is 30.4 Å². The number of rotatable bonds is 7. The van der Waals surface area contributed by atoms with E-state index in [1.165, 1.54) is 0 Å². The number of H-pyrrole nitrogens is 1. The van der Waals surface area contributed by atoms with Gasteiger partial charge in [0.1, 0.15) is 11.8 Å². The third kappa shape index (κ3) is 4.79. The first kappa shape index (κ1) is 19.9. The Morgan fingerprint density at radius 2 is 2.23 bits per heavy atom. The van der Waals surface area contributed by atoms with E-state index in [4.69, 9.17) is 4.74 Å². The minimum absolute atomic E-state index is 0.0942. The predicted molar refractivity (Wildman–Crippen MR) is 111 cm³/mol. The standard InChI is InChI=1S/C21H26N6O3/c1-2-8-22-21(29)30-16-7-6-14(10-16)17-12-18(26-25-17)24-20(28)11-15-13-27-9-4-3-5-19(27)23-15/h3-5,9,12-14,16H,2,6-8,10-11H2,1H3,(H,22,29)(H2,24,25,26,28). The highest BCUT2D eigenvalue weighted by atomic mass is 16.6. The van der Waals surface area contributed by atoms with Gasteiger partial charge in [0.05, 0.1) is 12.1 Å². The van der Waals surface area contributed by atoms with E-state index in [9.17, 15) is 9.59 Å². The highest BCUT2D eigenvalue weighted by molar-refractivity contribution is 5.91. The number of nitrogens with one attached hydrogen (secondary N) is 3. The molecule has 2 unspecified atom stereocenters. The van der Waals surface area contributed by atoms with Gasteiger partial charge in [-0.1, -0.05) is 13.0 Å². The van der Waals surface area contributed by atoms with Gasteiger partial charge in [0.15, 0.2) is 5.82 Å². The summed E-state index contributed by atoms with van der Waals surface area (Å²) in [6, 6.07) is 7.58. The molecule has 4 rings (SSSR count). The predicted octanol–water partition coefficient (Wildman–Crippen LogP) is 3.01. The molecule has 3 aromatic rings. The zero-order valence-electron chi connectivity index (χ0n) is 16.9. The molecule has 1 fully saturated rings. The smallest absolute Gasteiger partial charge is 0.407 e. The molecular weight excluding hydrogens is 384 g/mol. The number of aromatic amines is 1. The second-order valence-corrected chi connectivity index (χ2v) is 7.60. The number of imidazole rings is 1. The maximum absolute atomic E-state index is 12.4. The van der Waals surface area contributed by atoms with Crippen molar-refractivity contribution in [3.05, 3.63) is 48.0 Å². The van der Waals surface area contributed by atoms with Crippen LogP contribution in [0, 0.1) is 0 Å². The van der Waals surface area contributed by atoms with E-state index in [0.29, 0.717) is 18.1 Å². The zero-order chi connectivity index (χ0) is 20.9. The van der Waals surface area contributed by atoms with Crippen LogP contribution in [0.3, 0.4) is 0 Å². The van der Waals surface area contributed by atoms with E-state index >= 15 is 0 Å². The van der Waals surface area contributed by atoms with Crippen molar-refractivity contribution < 1.29 is 14.3 Å². The molecule has 0 aromatic carbocycles. The number of fused-ring (bicyclic) bond motifs is 1. The number of alkyl carbamates (subject to hydrolysis) is 1. The SMILES string of the molecule is CCCNC(=O)OC1CCC(c2cc(NC(=O)Cc3cn4ccccc4n3)n[nH]2)C1. The lowest BCUT2D eigenvalue weighted by Gasteiger charge is -2.12. The monoisotopic (exact) mass is 410 g/mol. The topological polar surface area (TPSA) is 113 Å². The fourth-order valence-corrected chi connectivity index (χ4v) is 3.78. The minimum Gasteiger partial charge on any atom is -0.446 e. The molecule has 2 atom stereocenters. The fraction of sp³-hybridized carbons (Fsp3) is 0.429. The molecule has 0 aliphatic heterocycles. The van der Waals surface area contributed by atoms with Crippen LogP contribution >= 0.6 is 0 Å². The molecule has 9 heteroatoms. The molecule has 30 heavy (non-hydrogen) atoms. The van der Waals surface area contributed by atoms with Gasteiger partial charge in [-0.15, -0.1) is 0 Å². The number of amides is 2. The third-order valence-electron chi connectivity index (χ3n) is 5.24. The number of hydrogen-bond donors (Lipinski definition) is 3. The van der Waals surface area contributed by atoms with Crippen molar-refractivity contribution in [1.29, 1.82) is 0 Å². The van der Waals surface area contributed by atoms with Crippen molar-refractivity contribution >= 4 is 23.5 Å². The number of pyridine rings is 1. The third-order valence-corrected chi connectivity index (χ3v) is 5.24. The van der Waals surface area contributed by atoms with Crippen molar-refractivity contribution in [3.63, 3.8) is 0 Å².